The first-order chi connectivity index (χ1) is 10.4. The quantitative estimate of drug-likeness (QED) is 0.889. The van der Waals surface area contributed by atoms with Gasteiger partial charge in [-0.3, -0.25) is 0 Å². The molecule has 0 bridgehead atoms. The van der Waals surface area contributed by atoms with E-state index in [1.54, 1.807) is 0 Å². The fourth-order valence-electron chi connectivity index (χ4n) is 2.91. The van der Waals surface area contributed by atoms with E-state index in [1.165, 1.54) is 31.0 Å². The van der Waals surface area contributed by atoms with Gasteiger partial charge in [-0.2, -0.15) is 0 Å². The average molecular weight is 313 g/mol. The zero-order valence-corrected chi connectivity index (χ0v) is 12.2. The van der Waals surface area contributed by atoms with Crippen molar-refractivity contribution in [3.05, 3.63) is 24.0 Å². The molecule has 1 heterocycles. The number of benzene rings is 1. The summed E-state index contributed by atoms with van der Waals surface area (Å²) in [5, 5.41) is 3.25. The number of aryl methyl sites for hydroxylation is 1. The SMILES string of the molecule is CNC1CC(CCc2nc3ccc(OC(F)(F)F)cc3[nH]2)C1. The van der Waals surface area contributed by atoms with Gasteiger partial charge in [-0.05, 0) is 44.4 Å². The van der Waals surface area contributed by atoms with Gasteiger partial charge in [0, 0.05) is 18.5 Å². The number of H-pyrrole nitrogens is 1. The molecule has 1 fully saturated rings. The zero-order valence-electron chi connectivity index (χ0n) is 12.2. The summed E-state index contributed by atoms with van der Waals surface area (Å²) < 4.78 is 40.5. The molecule has 2 aromatic rings. The Morgan fingerprint density at radius 1 is 1.36 bits per heavy atom. The molecule has 1 aromatic heterocycles. The normalized spacial score (nSPS) is 21.8. The summed E-state index contributed by atoms with van der Waals surface area (Å²) in [5.74, 6) is 1.29. The largest absolute Gasteiger partial charge is 0.573 e. The Kier molecular flexibility index (Phi) is 3.99. The van der Waals surface area contributed by atoms with Crippen molar-refractivity contribution in [3.8, 4) is 5.75 Å². The molecule has 0 saturated heterocycles. The second-order valence-corrected chi connectivity index (χ2v) is 5.77. The lowest BCUT2D eigenvalue weighted by Crippen LogP contribution is -2.39. The molecule has 2 N–H and O–H groups in total. The van der Waals surface area contributed by atoms with Crippen molar-refractivity contribution < 1.29 is 17.9 Å². The number of rotatable bonds is 5. The molecule has 1 aromatic carbocycles. The van der Waals surface area contributed by atoms with Crippen LogP contribution in [-0.4, -0.2) is 29.4 Å². The van der Waals surface area contributed by atoms with Gasteiger partial charge in [0.05, 0.1) is 11.0 Å². The minimum absolute atomic E-state index is 0.231. The van der Waals surface area contributed by atoms with Crippen molar-refractivity contribution in [1.29, 1.82) is 0 Å². The number of hydrogen-bond donors (Lipinski definition) is 2. The van der Waals surface area contributed by atoms with Crippen LogP contribution in [0.3, 0.4) is 0 Å². The first-order valence-electron chi connectivity index (χ1n) is 7.34. The van der Waals surface area contributed by atoms with Crippen LogP contribution in [0.4, 0.5) is 13.2 Å². The average Bonchev–Trinajstić information content (AvgIpc) is 2.77. The Morgan fingerprint density at radius 2 is 2.14 bits per heavy atom. The molecule has 0 aliphatic heterocycles. The van der Waals surface area contributed by atoms with Crippen LogP contribution >= 0.6 is 0 Å². The summed E-state index contributed by atoms with van der Waals surface area (Å²) >= 11 is 0. The van der Waals surface area contributed by atoms with E-state index >= 15 is 0 Å². The number of aromatic amines is 1. The molecule has 3 rings (SSSR count). The second-order valence-electron chi connectivity index (χ2n) is 5.77. The lowest BCUT2D eigenvalue weighted by Gasteiger charge is -2.34. The van der Waals surface area contributed by atoms with E-state index in [4.69, 9.17) is 0 Å². The molecule has 7 heteroatoms. The first kappa shape index (κ1) is 15.1. The number of nitrogens with zero attached hydrogens (tertiary/aromatic N) is 1. The predicted octanol–water partition coefficient (Wildman–Crippen LogP) is 3.39. The van der Waals surface area contributed by atoms with E-state index < -0.39 is 6.36 Å². The van der Waals surface area contributed by atoms with Crippen molar-refractivity contribution in [2.75, 3.05) is 7.05 Å². The van der Waals surface area contributed by atoms with Gasteiger partial charge in [0.15, 0.2) is 0 Å². The Morgan fingerprint density at radius 3 is 2.82 bits per heavy atom. The minimum atomic E-state index is -4.68. The molecule has 120 valence electrons. The highest BCUT2D eigenvalue weighted by Gasteiger charge is 2.31. The summed E-state index contributed by atoms with van der Waals surface area (Å²) in [6.45, 7) is 0. The minimum Gasteiger partial charge on any atom is -0.406 e. The third-order valence-electron chi connectivity index (χ3n) is 4.17. The van der Waals surface area contributed by atoms with Crippen molar-refractivity contribution >= 4 is 11.0 Å². The van der Waals surface area contributed by atoms with Crippen LogP contribution in [0.5, 0.6) is 5.75 Å². The van der Waals surface area contributed by atoms with E-state index in [0.717, 1.165) is 18.7 Å². The second kappa shape index (κ2) is 5.79. The van der Waals surface area contributed by atoms with Gasteiger partial charge in [0.25, 0.3) is 0 Å². The number of imidazole rings is 1. The summed E-state index contributed by atoms with van der Waals surface area (Å²) in [5.41, 5.74) is 1.23. The maximum Gasteiger partial charge on any atom is 0.573 e. The fourth-order valence-corrected chi connectivity index (χ4v) is 2.91. The molecule has 1 aliphatic carbocycles. The molecule has 1 saturated carbocycles. The van der Waals surface area contributed by atoms with Crippen LogP contribution in [0.15, 0.2) is 18.2 Å². The Labute approximate surface area is 126 Å². The number of nitrogens with one attached hydrogen (secondary N) is 2. The summed E-state index contributed by atoms with van der Waals surface area (Å²) in [6.07, 6.45) is -0.458. The Bertz CT molecular complexity index is 647. The molecule has 0 atom stereocenters. The smallest absolute Gasteiger partial charge is 0.406 e. The fraction of sp³-hybridized carbons (Fsp3) is 0.533. The van der Waals surface area contributed by atoms with Gasteiger partial charge in [0.2, 0.25) is 0 Å². The lowest BCUT2D eigenvalue weighted by atomic mass is 9.77. The molecule has 0 amide bonds. The van der Waals surface area contributed by atoms with Gasteiger partial charge in [-0.1, -0.05) is 0 Å². The third-order valence-corrected chi connectivity index (χ3v) is 4.17. The zero-order chi connectivity index (χ0) is 15.7. The standard InChI is InChI=1S/C15H18F3N3O/c1-19-10-6-9(7-10)2-5-14-20-12-4-3-11(8-13(12)21-14)22-15(16,17)18/h3-4,8-10,19H,2,5-7H2,1H3,(H,20,21). The van der Waals surface area contributed by atoms with E-state index in [2.05, 4.69) is 20.0 Å². The molecule has 22 heavy (non-hydrogen) atoms. The van der Waals surface area contributed by atoms with Gasteiger partial charge in [-0.25, -0.2) is 4.98 Å². The molecule has 4 nitrogen and oxygen atoms in total. The molecular weight excluding hydrogens is 295 g/mol. The third kappa shape index (κ3) is 3.52. The molecular formula is C15H18F3N3O. The maximum atomic E-state index is 12.2. The van der Waals surface area contributed by atoms with Gasteiger partial charge in [0.1, 0.15) is 11.6 Å². The number of halogens is 3. The highest BCUT2D eigenvalue weighted by Crippen LogP contribution is 2.31. The van der Waals surface area contributed by atoms with Crippen molar-refractivity contribution in [3.63, 3.8) is 0 Å². The summed E-state index contributed by atoms with van der Waals surface area (Å²) in [6, 6.07) is 4.78. The van der Waals surface area contributed by atoms with Crippen LogP contribution in [0, 0.1) is 5.92 Å². The van der Waals surface area contributed by atoms with E-state index in [9.17, 15) is 13.2 Å². The molecule has 0 spiro atoms. The van der Waals surface area contributed by atoms with Crippen LogP contribution in [0.2, 0.25) is 0 Å². The van der Waals surface area contributed by atoms with Crippen LogP contribution in [-0.2, 0) is 6.42 Å². The first-order valence-corrected chi connectivity index (χ1v) is 7.34. The van der Waals surface area contributed by atoms with Crippen LogP contribution in [0.25, 0.3) is 11.0 Å². The molecule has 1 aliphatic rings. The summed E-state index contributed by atoms with van der Waals surface area (Å²) in [4.78, 5) is 7.49. The highest BCUT2D eigenvalue weighted by atomic mass is 19.4. The highest BCUT2D eigenvalue weighted by molar-refractivity contribution is 5.76. The number of alkyl halides is 3. The molecule has 0 radical (unpaired) electrons. The molecule has 0 unspecified atom stereocenters. The Hall–Kier alpha value is -1.76. The Balaban J connectivity index is 1.63. The van der Waals surface area contributed by atoms with Crippen molar-refractivity contribution in [2.24, 2.45) is 5.92 Å². The number of aromatic nitrogens is 2. The van der Waals surface area contributed by atoms with Gasteiger partial charge in [-0.15, -0.1) is 13.2 Å². The van der Waals surface area contributed by atoms with E-state index in [1.807, 2.05) is 7.05 Å². The maximum absolute atomic E-state index is 12.2. The number of ether oxygens (including phenoxy) is 1. The van der Waals surface area contributed by atoms with Gasteiger partial charge >= 0.3 is 6.36 Å². The van der Waals surface area contributed by atoms with Crippen molar-refractivity contribution in [2.45, 2.75) is 38.1 Å². The lowest BCUT2D eigenvalue weighted by molar-refractivity contribution is -0.274. The monoisotopic (exact) mass is 313 g/mol. The predicted molar refractivity (Wildman–Crippen MR) is 76.7 cm³/mol. The number of hydrogen-bond acceptors (Lipinski definition) is 3. The van der Waals surface area contributed by atoms with Crippen molar-refractivity contribution in [1.82, 2.24) is 15.3 Å². The number of fused-ring (bicyclic) bond motifs is 1. The summed E-state index contributed by atoms with van der Waals surface area (Å²) in [7, 11) is 1.97. The topological polar surface area (TPSA) is 49.9 Å². The van der Waals surface area contributed by atoms with E-state index in [0.29, 0.717) is 23.0 Å². The van der Waals surface area contributed by atoms with Crippen LogP contribution in [0.1, 0.15) is 25.1 Å². The van der Waals surface area contributed by atoms with Crippen LogP contribution < -0.4 is 10.1 Å². The van der Waals surface area contributed by atoms with E-state index in [-0.39, 0.29) is 5.75 Å². The van der Waals surface area contributed by atoms with Gasteiger partial charge < -0.3 is 15.0 Å².